The smallest absolute Gasteiger partial charge is 0.251 e. The Morgan fingerprint density at radius 3 is 2.24 bits per heavy atom. The van der Waals surface area contributed by atoms with Gasteiger partial charge in [-0.3, -0.25) is 14.8 Å². The van der Waals surface area contributed by atoms with Crippen LogP contribution in [0.1, 0.15) is 21.6 Å². The molecule has 0 radical (unpaired) electrons. The lowest BCUT2D eigenvalue weighted by atomic mass is 10.0. The van der Waals surface area contributed by atoms with E-state index in [0.29, 0.717) is 12.1 Å². The summed E-state index contributed by atoms with van der Waals surface area (Å²) >= 11 is 0. The van der Waals surface area contributed by atoms with E-state index >= 15 is 0 Å². The van der Waals surface area contributed by atoms with Crippen LogP contribution >= 0.6 is 0 Å². The maximum Gasteiger partial charge on any atom is 0.251 e. The molecule has 0 atom stereocenters. The summed E-state index contributed by atoms with van der Waals surface area (Å²) in [6, 6.07) is 25.5. The number of amides is 1. The Labute approximate surface area is 170 Å². The predicted molar refractivity (Wildman–Crippen MR) is 115 cm³/mol. The number of carbonyl (C=O) groups excluding carboxylic acids is 1. The molecular formula is C25H21N3O. The third-order valence-electron chi connectivity index (χ3n) is 4.74. The number of hydrogen-bond donors (Lipinski definition) is 1. The van der Waals surface area contributed by atoms with E-state index in [0.717, 1.165) is 33.6 Å². The van der Waals surface area contributed by atoms with Crippen LogP contribution in [0, 0.1) is 6.92 Å². The van der Waals surface area contributed by atoms with Gasteiger partial charge in [0.25, 0.3) is 5.91 Å². The lowest BCUT2D eigenvalue weighted by Crippen LogP contribution is -2.22. The van der Waals surface area contributed by atoms with Crippen LogP contribution in [-0.2, 0) is 6.54 Å². The maximum absolute atomic E-state index is 12.5. The van der Waals surface area contributed by atoms with E-state index in [9.17, 15) is 4.79 Å². The Morgan fingerprint density at radius 2 is 1.55 bits per heavy atom. The van der Waals surface area contributed by atoms with Crippen molar-refractivity contribution in [2.45, 2.75) is 13.5 Å². The molecule has 142 valence electrons. The van der Waals surface area contributed by atoms with Crippen LogP contribution in [0.15, 0.2) is 91.3 Å². The molecule has 2 heterocycles. The Hall–Kier alpha value is -3.79. The first kappa shape index (κ1) is 18.6. The van der Waals surface area contributed by atoms with Crippen LogP contribution in [0.4, 0.5) is 0 Å². The van der Waals surface area contributed by atoms with Crippen LogP contribution in [0.5, 0.6) is 0 Å². The second-order valence-electron chi connectivity index (χ2n) is 6.86. The van der Waals surface area contributed by atoms with Crippen molar-refractivity contribution in [1.29, 1.82) is 0 Å². The van der Waals surface area contributed by atoms with Crippen molar-refractivity contribution in [2.24, 2.45) is 0 Å². The van der Waals surface area contributed by atoms with Crippen LogP contribution < -0.4 is 5.32 Å². The van der Waals surface area contributed by atoms with Gasteiger partial charge in [-0.05, 0) is 60.0 Å². The van der Waals surface area contributed by atoms with Gasteiger partial charge < -0.3 is 5.32 Å². The van der Waals surface area contributed by atoms with Gasteiger partial charge in [0, 0.05) is 35.8 Å². The first-order valence-electron chi connectivity index (χ1n) is 9.51. The molecule has 0 fully saturated rings. The van der Waals surface area contributed by atoms with Crippen LogP contribution in [0.25, 0.3) is 22.4 Å². The van der Waals surface area contributed by atoms with Gasteiger partial charge in [-0.25, -0.2) is 0 Å². The van der Waals surface area contributed by atoms with E-state index < -0.39 is 0 Å². The third kappa shape index (κ3) is 4.55. The number of aryl methyl sites for hydroxylation is 1. The Morgan fingerprint density at radius 1 is 0.793 bits per heavy atom. The molecule has 0 aliphatic rings. The standard InChI is InChI=1S/C25H21N3O/c1-18-16-23(13-15-26-18)20-7-5-19(6-8-20)17-28-25(29)22-11-9-21(10-12-22)24-4-2-3-14-27-24/h2-16H,17H2,1H3,(H,28,29). The van der Waals surface area contributed by atoms with Gasteiger partial charge >= 0.3 is 0 Å². The number of hydrogen-bond acceptors (Lipinski definition) is 3. The van der Waals surface area contributed by atoms with Crippen LogP contribution in [-0.4, -0.2) is 15.9 Å². The summed E-state index contributed by atoms with van der Waals surface area (Å²) in [5, 5.41) is 2.98. The predicted octanol–water partition coefficient (Wildman–Crippen LogP) is 5.05. The number of rotatable bonds is 5. The quantitative estimate of drug-likeness (QED) is 0.528. The number of benzene rings is 2. The zero-order valence-corrected chi connectivity index (χ0v) is 16.2. The summed E-state index contributed by atoms with van der Waals surface area (Å²) < 4.78 is 0. The monoisotopic (exact) mass is 379 g/mol. The first-order valence-corrected chi connectivity index (χ1v) is 9.51. The van der Waals surface area contributed by atoms with Gasteiger partial charge in [0.2, 0.25) is 0 Å². The van der Waals surface area contributed by atoms with Crippen molar-refractivity contribution in [2.75, 3.05) is 0 Å². The van der Waals surface area contributed by atoms with Crippen LogP contribution in [0.3, 0.4) is 0 Å². The van der Waals surface area contributed by atoms with Gasteiger partial charge in [0.05, 0.1) is 5.69 Å². The highest BCUT2D eigenvalue weighted by Crippen LogP contribution is 2.20. The minimum Gasteiger partial charge on any atom is -0.348 e. The Balaban J connectivity index is 1.38. The third-order valence-corrected chi connectivity index (χ3v) is 4.74. The molecule has 4 rings (SSSR count). The van der Waals surface area contributed by atoms with Crippen molar-refractivity contribution in [1.82, 2.24) is 15.3 Å². The van der Waals surface area contributed by atoms with E-state index in [2.05, 4.69) is 33.5 Å². The van der Waals surface area contributed by atoms with Gasteiger partial charge in [0.15, 0.2) is 0 Å². The molecule has 4 aromatic rings. The molecule has 0 saturated heterocycles. The summed E-state index contributed by atoms with van der Waals surface area (Å²) in [5.41, 5.74) is 6.84. The van der Waals surface area contributed by atoms with Crippen molar-refractivity contribution in [3.8, 4) is 22.4 Å². The highest BCUT2D eigenvalue weighted by Gasteiger charge is 2.07. The normalized spacial score (nSPS) is 10.5. The maximum atomic E-state index is 12.5. The number of pyridine rings is 2. The fourth-order valence-electron chi connectivity index (χ4n) is 3.15. The summed E-state index contributed by atoms with van der Waals surface area (Å²) in [6.45, 7) is 2.47. The molecule has 1 N–H and O–H groups in total. The first-order chi connectivity index (χ1) is 14.2. The fraction of sp³-hybridized carbons (Fsp3) is 0.0800. The molecule has 29 heavy (non-hydrogen) atoms. The highest BCUT2D eigenvalue weighted by molar-refractivity contribution is 5.94. The molecule has 0 spiro atoms. The van der Waals surface area contributed by atoms with E-state index in [1.165, 1.54) is 0 Å². The summed E-state index contributed by atoms with van der Waals surface area (Å²) in [6.07, 6.45) is 3.58. The van der Waals surface area contributed by atoms with Crippen molar-refractivity contribution in [3.63, 3.8) is 0 Å². The second-order valence-corrected chi connectivity index (χ2v) is 6.86. The largest absolute Gasteiger partial charge is 0.348 e. The summed E-state index contributed by atoms with van der Waals surface area (Å²) in [5.74, 6) is -0.0913. The lowest BCUT2D eigenvalue weighted by molar-refractivity contribution is 0.0951. The van der Waals surface area contributed by atoms with Crippen molar-refractivity contribution in [3.05, 3.63) is 108 Å². The molecule has 4 nitrogen and oxygen atoms in total. The molecular weight excluding hydrogens is 358 g/mol. The fourth-order valence-corrected chi connectivity index (χ4v) is 3.15. The van der Waals surface area contributed by atoms with Crippen LogP contribution in [0.2, 0.25) is 0 Å². The Bertz CT molecular complexity index is 1100. The topological polar surface area (TPSA) is 54.9 Å². The number of aromatic nitrogens is 2. The highest BCUT2D eigenvalue weighted by atomic mass is 16.1. The Kier molecular flexibility index (Phi) is 5.43. The number of carbonyl (C=O) groups is 1. The molecule has 0 bridgehead atoms. The SMILES string of the molecule is Cc1cc(-c2ccc(CNC(=O)c3ccc(-c4ccccn4)cc3)cc2)ccn1. The summed E-state index contributed by atoms with van der Waals surface area (Å²) in [4.78, 5) is 21.0. The lowest BCUT2D eigenvalue weighted by Gasteiger charge is -2.08. The molecule has 1 amide bonds. The number of nitrogens with zero attached hydrogens (tertiary/aromatic N) is 2. The molecule has 2 aromatic heterocycles. The molecule has 0 aliphatic heterocycles. The van der Waals surface area contributed by atoms with Gasteiger partial charge in [-0.15, -0.1) is 0 Å². The number of nitrogens with one attached hydrogen (secondary N) is 1. The average Bonchev–Trinajstić information content (AvgIpc) is 2.78. The zero-order valence-electron chi connectivity index (χ0n) is 16.2. The molecule has 0 unspecified atom stereocenters. The van der Waals surface area contributed by atoms with E-state index in [1.54, 1.807) is 6.20 Å². The molecule has 4 heteroatoms. The minimum atomic E-state index is -0.0913. The zero-order chi connectivity index (χ0) is 20.1. The molecule has 2 aromatic carbocycles. The molecule has 0 saturated carbocycles. The average molecular weight is 379 g/mol. The van der Waals surface area contributed by atoms with E-state index in [4.69, 9.17) is 0 Å². The van der Waals surface area contributed by atoms with Crippen molar-refractivity contribution >= 4 is 5.91 Å². The van der Waals surface area contributed by atoms with E-state index in [1.807, 2.05) is 73.8 Å². The van der Waals surface area contributed by atoms with Crippen molar-refractivity contribution < 1.29 is 4.79 Å². The van der Waals surface area contributed by atoms with Gasteiger partial charge in [-0.2, -0.15) is 0 Å². The van der Waals surface area contributed by atoms with Gasteiger partial charge in [0.1, 0.15) is 0 Å². The van der Waals surface area contributed by atoms with E-state index in [-0.39, 0.29) is 5.91 Å². The minimum absolute atomic E-state index is 0.0913. The summed E-state index contributed by atoms with van der Waals surface area (Å²) in [7, 11) is 0. The van der Waals surface area contributed by atoms with Gasteiger partial charge in [-0.1, -0.05) is 42.5 Å². The second kappa shape index (κ2) is 8.48. The molecule has 0 aliphatic carbocycles.